The van der Waals surface area contributed by atoms with Crippen LogP contribution in [-0.2, 0) is 0 Å². The number of carboxylic acids is 1. The van der Waals surface area contributed by atoms with Gasteiger partial charge in [-0.3, -0.25) is 0 Å². The summed E-state index contributed by atoms with van der Waals surface area (Å²) in [6, 6.07) is 1.36. The average molecular weight is 284 g/mol. The first kappa shape index (κ1) is 15.9. The standard InChI is InChI=1S/C14H20O6/c1-6-8(2)20-11-9(14(15)16)7-10(17-3)12(18-4)13(11)19-5/h7-8H,6H2,1-5H3,(H,15,16). The van der Waals surface area contributed by atoms with E-state index in [1.54, 1.807) is 0 Å². The predicted octanol–water partition coefficient (Wildman–Crippen LogP) is 2.59. The van der Waals surface area contributed by atoms with Crippen molar-refractivity contribution in [2.45, 2.75) is 26.4 Å². The highest BCUT2D eigenvalue weighted by atomic mass is 16.5. The van der Waals surface area contributed by atoms with Crippen LogP contribution in [0.2, 0.25) is 0 Å². The van der Waals surface area contributed by atoms with Crippen LogP contribution in [0.4, 0.5) is 0 Å². The summed E-state index contributed by atoms with van der Waals surface area (Å²) in [5, 5.41) is 9.32. The predicted molar refractivity (Wildman–Crippen MR) is 73.4 cm³/mol. The van der Waals surface area contributed by atoms with Crippen LogP contribution in [0.3, 0.4) is 0 Å². The lowest BCUT2D eigenvalue weighted by Crippen LogP contribution is -2.14. The Labute approximate surface area is 118 Å². The molecule has 20 heavy (non-hydrogen) atoms. The van der Waals surface area contributed by atoms with Gasteiger partial charge in [0.1, 0.15) is 5.56 Å². The molecule has 112 valence electrons. The summed E-state index contributed by atoms with van der Waals surface area (Å²) in [6.45, 7) is 3.79. The molecule has 1 rings (SSSR count). The van der Waals surface area contributed by atoms with Crippen molar-refractivity contribution in [3.8, 4) is 23.0 Å². The molecule has 0 bridgehead atoms. The van der Waals surface area contributed by atoms with Gasteiger partial charge in [-0.1, -0.05) is 6.92 Å². The lowest BCUT2D eigenvalue weighted by Gasteiger charge is -2.20. The zero-order valence-electron chi connectivity index (χ0n) is 12.4. The van der Waals surface area contributed by atoms with E-state index in [1.165, 1.54) is 27.4 Å². The Bertz CT molecular complexity index is 483. The summed E-state index contributed by atoms with van der Waals surface area (Å²) in [5.74, 6) is -0.185. The van der Waals surface area contributed by atoms with E-state index >= 15 is 0 Å². The van der Waals surface area contributed by atoms with Gasteiger partial charge in [-0.15, -0.1) is 0 Å². The van der Waals surface area contributed by atoms with Gasteiger partial charge in [0.15, 0.2) is 11.5 Å². The van der Waals surface area contributed by atoms with E-state index in [4.69, 9.17) is 18.9 Å². The van der Waals surface area contributed by atoms with Crippen molar-refractivity contribution in [3.63, 3.8) is 0 Å². The molecule has 0 aliphatic heterocycles. The van der Waals surface area contributed by atoms with Crippen molar-refractivity contribution in [2.24, 2.45) is 0 Å². The Kier molecular flexibility index (Phi) is 5.49. The van der Waals surface area contributed by atoms with E-state index < -0.39 is 5.97 Å². The van der Waals surface area contributed by atoms with E-state index in [1.807, 2.05) is 13.8 Å². The molecule has 0 radical (unpaired) electrons. The second-order valence-corrected chi connectivity index (χ2v) is 4.16. The van der Waals surface area contributed by atoms with Gasteiger partial charge in [0, 0.05) is 6.07 Å². The molecule has 0 aliphatic rings. The monoisotopic (exact) mass is 284 g/mol. The molecule has 1 aromatic rings. The van der Waals surface area contributed by atoms with E-state index in [2.05, 4.69) is 0 Å². The number of carboxylic acid groups (broad SMARTS) is 1. The van der Waals surface area contributed by atoms with Crippen molar-refractivity contribution < 1.29 is 28.8 Å². The maximum Gasteiger partial charge on any atom is 0.339 e. The number of benzene rings is 1. The molecule has 0 amide bonds. The Morgan fingerprint density at radius 1 is 1.15 bits per heavy atom. The van der Waals surface area contributed by atoms with Crippen LogP contribution in [0, 0.1) is 0 Å². The van der Waals surface area contributed by atoms with Crippen LogP contribution in [0.15, 0.2) is 6.07 Å². The fraction of sp³-hybridized carbons (Fsp3) is 0.500. The molecule has 0 spiro atoms. The van der Waals surface area contributed by atoms with Crippen molar-refractivity contribution in [1.29, 1.82) is 0 Å². The molecule has 0 saturated heterocycles. The van der Waals surface area contributed by atoms with Crippen molar-refractivity contribution in [1.82, 2.24) is 0 Å². The topological polar surface area (TPSA) is 74.2 Å². The van der Waals surface area contributed by atoms with E-state index in [-0.39, 0.29) is 28.9 Å². The molecule has 0 saturated carbocycles. The molecular weight excluding hydrogens is 264 g/mol. The van der Waals surface area contributed by atoms with Crippen LogP contribution in [0.5, 0.6) is 23.0 Å². The SMILES string of the molecule is CCC(C)Oc1c(C(=O)O)cc(OC)c(OC)c1OC. The van der Waals surface area contributed by atoms with Crippen LogP contribution >= 0.6 is 0 Å². The summed E-state index contributed by atoms with van der Waals surface area (Å²) in [5.41, 5.74) is -0.0280. The Morgan fingerprint density at radius 3 is 2.15 bits per heavy atom. The largest absolute Gasteiger partial charge is 0.493 e. The fourth-order valence-electron chi connectivity index (χ4n) is 1.69. The van der Waals surface area contributed by atoms with Gasteiger partial charge in [0.2, 0.25) is 11.5 Å². The lowest BCUT2D eigenvalue weighted by atomic mass is 10.1. The van der Waals surface area contributed by atoms with E-state index in [9.17, 15) is 9.90 Å². The summed E-state index contributed by atoms with van der Waals surface area (Å²) in [4.78, 5) is 11.4. The third-order valence-corrected chi connectivity index (χ3v) is 2.91. The van der Waals surface area contributed by atoms with Crippen molar-refractivity contribution >= 4 is 5.97 Å². The highest BCUT2D eigenvalue weighted by Crippen LogP contribution is 2.47. The number of methoxy groups -OCH3 is 3. The first-order valence-electron chi connectivity index (χ1n) is 6.22. The smallest absolute Gasteiger partial charge is 0.339 e. The first-order valence-corrected chi connectivity index (χ1v) is 6.22. The maximum atomic E-state index is 11.4. The highest BCUT2D eigenvalue weighted by molar-refractivity contribution is 5.93. The molecule has 1 aromatic carbocycles. The molecule has 0 heterocycles. The zero-order chi connectivity index (χ0) is 15.3. The van der Waals surface area contributed by atoms with Crippen LogP contribution in [-0.4, -0.2) is 38.5 Å². The second kappa shape index (κ2) is 6.88. The average Bonchev–Trinajstić information content (AvgIpc) is 2.45. The van der Waals surface area contributed by atoms with E-state index in [0.29, 0.717) is 5.75 Å². The summed E-state index contributed by atoms with van der Waals surface area (Å²) >= 11 is 0. The molecule has 0 fully saturated rings. The van der Waals surface area contributed by atoms with Gasteiger partial charge in [0.05, 0.1) is 27.4 Å². The van der Waals surface area contributed by atoms with Crippen LogP contribution in [0.1, 0.15) is 30.6 Å². The third-order valence-electron chi connectivity index (χ3n) is 2.91. The van der Waals surface area contributed by atoms with Gasteiger partial charge in [-0.05, 0) is 13.3 Å². The third kappa shape index (κ3) is 3.07. The first-order chi connectivity index (χ1) is 9.49. The highest BCUT2D eigenvalue weighted by Gasteiger charge is 2.26. The summed E-state index contributed by atoms with van der Waals surface area (Å²) in [6.07, 6.45) is 0.580. The van der Waals surface area contributed by atoms with Crippen molar-refractivity contribution in [2.75, 3.05) is 21.3 Å². The number of hydrogen-bond acceptors (Lipinski definition) is 5. The van der Waals surface area contributed by atoms with E-state index in [0.717, 1.165) is 6.42 Å². The molecule has 1 unspecified atom stereocenters. The van der Waals surface area contributed by atoms with Gasteiger partial charge >= 0.3 is 5.97 Å². The molecule has 1 atom stereocenters. The minimum absolute atomic E-state index is 0.0280. The number of carbonyl (C=O) groups is 1. The summed E-state index contributed by atoms with van der Waals surface area (Å²) < 4.78 is 21.3. The Balaban J connectivity index is 3.53. The number of ether oxygens (including phenoxy) is 4. The molecule has 0 aliphatic carbocycles. The number of rotatable bonds is 7. The van der Waals surface area contributed by atoms with Gasteiger partial charge in [-0.25, -0.2) is 4.79 Å². The lowest BCUT2D eigenvalue weighted by molar-refractivity contribution is 0.0687. The Hall–Kier alpha value is -2.11. The van der Waals surface area contributed by atoms with Crippen molar-refractivity contribution in [3.05, 3.63) is 11.6 Å². The van der Waals surface area contributed by atoms with Gasteiger partial charge in [-0.2, -0.15) is 0 Å². The van der Waals surface area contributed by atoms with Gasteiger partial charge < -0.3 is 24.1 Å². The van der Waals surface area contributed by atoms with Crippen LogP contribution in [0.25, 0.3) is 0 Å². The molecular formula is C14H20O6. The minimum Gasteiger partial charge on any atom is -0.493 e. The fourth-order valence-corrected chi connectivity index (χ4v) is 1.69. The van der Waals surface area contributed by atoms with Crippen LogP contribution < -0.4 is 18.9 Å². The van der Waals surface area contributed by atoms with Gasteiger partial charge in [0.25, 0.3) is 0 Å². The number of aromatic carboxylic acids is 1. The maximum absolute atomic E-state index is 11.4. The second-order valence-electron chi connectivity index (χ2n) is 4.16. The quantitative estimate of drug-likeness (QED) is 0.829. The summed E-state index contributed by atoms with van der Waals surface area (Å²) in [7, 11) is 4.30. The number of hydrogen-bond donors (Lipinski definition) is 1. The minimum atomic E-state index is -1.12. The molecule has 0 aromatic heterocycles. The Morgan fingerprint density at radius 2 is 1.75 bits per heavy atom. The molecule has 1 N–H and O–H groups in total. The normalized spacial score (nSPS) is 11.7. The zero-order valence-corrected chi connectivity index (χ0v) is 12.4. The molecule has 6 nitrogen and oxygen atoms in total. The molecule has 6 heteroatoms.